The van der Waals surface area contributed by atoms with Gasteiger partial charge in [-0.2, -0.15) is 0 Å². The first-order valence-electron chi connectivity index (χ1n) is 9.05. The van der Waals surface area contributed by atoms with E-state index in [9.17, 15) is 0 Å². The van der Waals surface area contributed by atoms with Crippen LogP contribution in [-0.4, -0.2) is 39.8 Å². The normalized spacial score (nSPS) is 11.3. The van der Waals surface area contributed by atoms with Gasteiger partial charge in [-0.25, -0.2) is 9.98 Å². The fourth-order valence-electron chi connectivity index (χ4n) is 2.76. The highest BCUT2D eigenvalue weighted by Crippen LogP contribution is 2.27. The Morgan fingerprint density at radius 3 is 2.63 bits per heavy atom. The zero-order valence-electron chi connectivity index (χ0n) is 16.5. The maximum Gasteiger partial charge on any atom is 0.111 e. The van der Waals surface area contributed by atoms with Crippen molar-refractivity contribution in [2.75, 3.05) is 13.6 Å². The molecule has 0 aliphatic rings. The Hall–Kier alpha value is -2.60. The first-order chi connectivity index (χ1) is 13.0. The zero-order chi connectivity index (χ0) is 19.4. The van der Waals surface area contributed by atoms with Crippen molar-refractivity contribution in [3.63, 3.8) is 0 Å². The van der Waals surface area contributed by atoms with Crippen LogP contribution in [0.15, 0.2) is 34.9 Å². The van der Waals surface area contributed by atoms with E-state index < -0.39 is 0 Å². The fraction of sp³-hybridized carbons (Fsp3) is 0.333. The number of nitrogens with zero attached hydrogens (tertiary/aromatic N) is 5. The summed E-state index contributed by atoms with van der Waals surface area (Å²) in [5.74, 6) is 0. The molecule has 140 valence electrons. The highest BCUT2D eigenvalue weighted by molar-refractivity contribution is 7.10. The Morgan fingerprint density at radius 2 is 1.89 bits per heavy atom. The van der Waals surface area contributed by atoms with Crippen LogP contribution in [0.1, 0.15) is 34.3 Å². The largest absolute Gasteiger partial charge is 0.366 e. The third-order valence-corrected chi connectivity index (χ3v) is 5.41. The minimum absolute atomic E-state index is 0.815. The maximum absolute atomic E-state index is 4.78. The molecule has 1 aromatic carbocycles. The van der Waals surface area contributed by atoms with Crippen molar-refractivity contribution in [2.24, 2.45) is 4.99 Å². The van der Waals surface area contributed by atoms with Crippen molar-refractivity contribution in [3.8, 4) is 11.4 Å². The Labute approximate surface area is 164 Å². The van der Waals surface area contributed by atoms with Gasteiger partial charge in [0.2, 0.25) is 0 Å². The van der Waals surface area contributed by atoms with E-state index >= 15 is 0 Å². The summed E-state index contributed by atoms with van der Waals surface area (Å²) >= 11 is 1.67. The van der Waals surface area contributed by atoms with E-state index in [1.165, 1.54) is 16.7 Å². The molecule has 0 amide bonds. The maximum atomic E-state index is 4.78. The highest BCUT2D eigenvalue weighted by atomic mass is 32.1. The molecular weight excluding hydrogens is 354 g/mol. The van der Waals surface area contributed by atoms with Gasteiger partial charge in [-0.15, -0.1) is 11.3 Å². The van der Waals surface area contributed by atoms with E-state index in [2.05, 4.69) is 58.1 Å². The molecule has 0 saturated carbocycles. The molecule has 0 fully saturated rings. The minimum Gasteiger partial charge on any atom is -0.366 e. The molecule has 0 atom stereocenters. The van der Waals surface area contributed by atoms with Crippen LogP contribution in [0.4, 0.5) is 5.69 Å². The van der Waals surface area contributed by atoms with E-state index in [0.717, 1.165) is 40.7 Å². The van der Waals surface area contributed by atoms with E-state index in [-0.39, 0.29) is 0 Å². The minimum atomic E-state index is 0.815. The van der Waals surface area contributed by atoms with Gasteiger partial charge >= 0.3 is 0 Å². The lowest BCUT2D eigenvalue weighted by Gasteiger charge is -2.11. The summed E-state index contributed by atoms with van der Waals surface area (Å²) in [6, 6.07) is 4.38. The van der Waals surface area contributed by atoms with Crippen LogP contribution in [0.2, 0.25) is 0 Å². The van der Waals surface area contributed by atoms with Crippen molar-refractivity contribution in [1.82, 2.24) is 19.9 Å². The summed E-state index contributed by atoms with van der Waals surface area (Å²) in [6.45, 7) is 9.26. The molecule has 3 aromatic rings. The molecule has 6 heteroatoms. The predicted molar refractivity (Wildman–Crippen MR) is 113 cm³/mol. The third kappa shape index (κ3) is 4.57. The Balaban J connectivity index is 1.81. The molecule has 5 nitrogen and oxygen atoms in total. The van der Waals surface area contributed by atoms with Crippen molar-refractivity contribution in [1.29, 1.82) is 0 Å². The zero-order valence-corrected chi connectivity index (χ0v) is 17.3. The second-order valence-corrected chi connectivity index (χ2v) is 7.62. The van der Waals surface area contributed by atoms with Gasteiger partial charge in [0.05, 0.1) is 22.7 Å². The van der Waals surface area contributed by atoms with Gasteiger partial charge in [-0.3, -0.25) is 9.97 Å². The Bertz CT molecular complexity index is 961. The number of aliphatic imine (C=N–C) groups is 1. The van der Waals surface area contributed by atoms with Gasteiger partial charge in [0.15, 0.2) is 0 Å². The quantitative estimate of drug-likeness (QED) is 0.459. The molecule has 0 bridgehead atoms. The molecule has 3 rings (SSSR count). The number of benzene rings is 1. The predicted octanol–water partition coefficient (Wildman–Crippen LogP) is 4.73. The standard InChI is InChI=1S/C21H25N5S/c1-6-26(5)13-24-18-10-14(2)17(9-15(18)3)11-20-25-19(12-27-20)21-16(4)22-7-8-23-21/h7-10,12-13H,6,11H2,1-5H3. The second-order valence-electron chi connectivity index (χ2n) is 6.68. The number of hydrogen-bond donors (Lipinski definition) is 0. The number of rotatable bonds is 6. The molecule has 0 N–H and O–H groups in total. The summed E-state index contributed by atoms with van der Waals surface area (Å²) in [5.41, 5.74) is 7.38. The second kappa shape index (κ2) is 8.39. The SMILES string of the molecule is CCN(C)C=Nc1cc(C)c(Cc2nc(-c3nccnc3C)cs2)cc1C. The lowest BCUT2D eigenvalue weighted by molar-refractivity contribution is 0.552. The first-order valence-corrected chi connectivity index (χ1v) is 9.92. The number of thiazole rings is 1. The van der Waals surface area contributed by atoms with Crippen LogP contribution < -0.4 is 0 Å². The lowest BCUT2D eigenvalue weighted by atomic mass is 10.0. The van der Waals surface area contributed by atoms with Crippen LogP contribution in [0.25, 0.3) is 11.4 Å². The molecule has 2 aromatic heterocycles. The average Bonchev–Trinajstić information content (AvgIpc) is 3.11. The van der Waals surface area contributed by atoms with E-state index in [0.29, 0.717) is 0 Å². The van der Waals surface area contributed by atoms with Crippen LogP contribution in [0, 0.1) is 20.8 Å². The highest BCUT2D eigenvalue weighted by Gasteiger charge is 2.11. The first kappa shape index (κ1) is 19.2. The monoisotopic (exact) mass is 379 g/mol. The van der Waals surface area contributed by atoms with Gasteiger partial charge in [0.25, 0.3) is 0 Å². The van der Waals surface area contributed by atoms with Crippen molar-refractivity contribution < 1.29 is 0 Å². The molecule has 27 heavy (non-hydrogen) atoms. The van der Waals surface area contributed by atoms with Crippen LogP contribution in [-0.2, 0) is 6.42 Å². The van der Waals surface area contributed by atoms with Crippen molar-refractivity contribution >= 4 is 23.4 Å². The molecule has 0 saturated heterocycles. The van der Waals surface area contributed by atoms with Gasteiger partial charge in [-0.05, 0) is 50.5 Å². The Kier molecular flexibility index (Phi) is 5.96. The summed E-state index contributed by atoms with van der Waals surface area (Å²) in [7, 11) is 2.03. The van der Waals surface area contributed by atoms with Crippen LogP contribution >= 0.6 is 11.3 Å². The number of aryl methyl sites for hydroxylation is 3. The third-order valence-electron chi connectivity index (χ3n) is 4.56. The van der Waals surface area contributed by atoms with Crippen molar-refractivity contribution in [2.45, 2.75) is 34.1 Å². The van der Waals surface area contributed by atoms with E-state index in [1.807, 2.05) is 20.3 Å². The van der Waals surface area contributed by atoms with Gasteiger partial charge in [-0.1, -0.05) is 6.07 Å². The lowest BCUT2D eigenvalue weighted by Crippen LogP contribution is -2.14. The fourth-order valence-corrected chi connectivity index (χ4v) is 3.56. The van der Waals surface area contributed by atoms with Gasteiger partial charge < -0.3 is 4.90 Å². The molecule has 0 unspecified atom stereocenters. The van der Waals surface area contributed by atoms with Crippen LogP contribution in [0.3, 0.4) is 0 Å². The molecule has 0 aliphatic heterocycles. The average molecular weight is 380 g/mol. The summed E-state index contributed by atoms with van der Waals surface area (Å²) in [6.07, 6.45) is 6.12. The van der Waals surface area contributed by atoms with Gasteiger partial charge in [0.1, 0.15) is 11.4 Å². The summed E-state index contributed by atoms with van der Waals surface area (Å²) < 4.78 is 0. The van der Waals surface area contributed by atoms with Crippen LogP contribution in [0.5, 0.6) is 0 Å². The molecule has 0 radical (unpaired) electrons. The molecule has 0 aliphatic carbocycles. The smallest absolute Gasteiger partial charge is 0.111 e. The van der Waals surface area contributed by atoms with Crippen molar-refractivity contribution in [3.05, 3.63) is 57.3 Å². The Morgan fingerprint density at radius 1 is 1.11 bits per heavy atom. The van der Waals surface area contributed by atoms with Gasteiger partial charge in [0, 0.05) is 37.8 Å². The van der Waals surface area contributed by atoms with E-state index in [4.69, 9.17) is 4.98 Å². The molecule has 0 spiro atoms. The molecule has 2 heterocycles. The number of aromatic nitrogens is 3. The topological polar surface area (TPSA) is 54.3 Å². The number of hydrogen-bond acceptors (Lipinski definition) is 5. The summed E-state index contributed by atoms with van der Waals surface area (Å²) in [5, 5.41) is 3.15. The summed E-state index contributed by atoms with van der Waals surface area (Å²) in [4.78, 5) is 20.2. The molecular formula is C21H25N5S. The van der Waals surface area contributed by atoms with E-state index in [1.54, 1.807) is 23.7 Å².